The Labute approximate surface area is 200 Å². The van der Waals surface area contributed by atoms with Crippen molar-refractivity contribution in [3.8, 4) is 17.2 Å². The summed E-state index contributed by atoms with van der Waals surface area (Å²) in [6, 6.07) is 9.50. The number of benzene rings is 2. The van der Waals surface area contributed by atoms with E-state index in [1.54, 1.807) is 50.6 Å². The molecule has 1 N–H and O–H groups in total. The minimum atomic E-state index is -0.824. The fraction of sp³-hybridized carbons (Fsp3) is 0.385. The number of carbonyl (C=O) groups excluding carboxylic acids is 2. The molecule has 1 aliphatic rings. The fourth-order valence-electron chi connectivity index (χ4n) is 4.23. The molecule has 1 amide bonds. The van der Waals surface area contributed by atoms with Crippen molar-refractivity contribution in [1.29, 1.82) is 0 Å². The Kier molecular flexibility index (Phi) is 7.83. The highest BCUT2D eigenvalue weighted by Crippen LogP contribution is 2.44. The number of ether oxygens (including phenoxy) is 3. The van der Waals surface area contributed by atoms with Crippen LogP contribution in [-0.2, 0) is 9.59 Å². The number of Topliss-reactive ketones (excluding diaryl/α,β-unsaturated/α-hetero) is 1. The third-order valence-corrected chi connectivity index (χ3v) is 5.94. The normalized spacial score (nSPS) is 17.4. The Bertz CT molecular complexity index is 1110. The predicted octanol–water partition coefficient (Wildman–Crippen LogP) is 3.39. The van der Waals surface area contributed by atoms with Crippen LogP contribution in [0, 0.1) is 6.92 Å². The lowest BCUT2D eigenvalue weighted by molar-refractivity contribution is -0.140. The van der Waals surface area contributed by atoms with Gasteiger partial charge in [0.05, 0.1) is 32.9 Å². The van der Waals surface area contributed by atoms with Gasteiger partial charge >= 0.3 is 0 Å². The predicted molar refractivity (Wildman–Crippen MR) is 129 cm³/mol. The van der Waals surface area contributed by atoms with Crippen LogP contribution in [0.3, 0.4) is 0 Å². The van der Waals surface area contributed by atoms with Crippen molar-refractivity contribution in [1.82, 2.24) is 9.80 Å². The molecule has 0 aliphatic carbocycles. The highest BCUT2D eigenvalue weighted by Gasteiger charge is 2.47. The molecule has 182 valence electrons. The van der Waals surface area contributed by atoms with Crippen LogP contribution in [0.15, 0.2) is 42.0 Å². The Morgan fingerprint density at radius 1 is 1.00 bits per heavy atom. The lowest BCUT2D eigenvalue weighted by atomic mass is 9.94. The molecule has 8 nitrogen and oxygen atoms in total. The zero-order valence-electron chi connectivity index (χ0n) is 20.5. The zero-order valence-corrected chi connectivity index (χ0v) is 20.5. The van der Waals surface area contributed by atoms with Gasteiger partial charge in [-0.2, -0.15) is 0 Å². The highest BCUT2D eigenvalue weighted by molar-refractivity contribution is 6.46. The number of amides is 1. The van der Waals surface area contributed by atoms with Gasteiger partial charge in [0.25, 0.3) is 11.7 Å². The molecule has 1 heterocycles. The number of rotatable bonds is 9. The Morgan fingerprint density at radius 2 is 1.68 bits per heavy atom. The van der Waals surface area contributed by atoms with Crippen LogP contribution in [0.4, 0.5) is 0 Å². The van der Waals surface area contributed by atoms with Crippen molar-refractivity contribution < 1.29 is 28.9 Å². The largest absolute Gasteiger partial charge is 0.507 e. The van der Waals surface area contributed by atoms with E-state index < -0.39 is 17.7 Å². The first-order valence-electron chi connectivity index (χ1n) is 11.0. The van der Waals surface area contributed by atoms with Crippen LogP contribution in [0.1, 0.15) is 29.2 Å². The van der Waals surface area contributed by atoms with Crippen LogP contribution < -0.4 is 14.2 Å². The molecule has 2 aromatic carbocycles. The molecule has 0 bridgehead atoms. The first-order valence-corrected chi connectivity index (χ1v) is 11.0. The van der Waals surface area contributed by atoms with Crippen molar-refractivity contribution >= 4 is 17.4 Å². The van der Waals surface area contributed by atoms with Crippen LogP contribution in [0.2, 0.25) is 0 Å². The summed E-state index contributed by atoms with van der Waals surface area (Å²) in [5, 5.41) is 11.3. The van der Waals surface area contributed by atoms with Gasteiger partial charge < -0.3 is 29.1 Å². The molecule has 1 aliphatic heterocycles. The third kappa shape index (κ3) is 4.87. The topological polar surface area (TPSA) is 88.5 Å². The molecule has 2 aromatic rings. The van der Waals surface area contributed by atoms with Gasteiger partial charge in [-0.15, -0.1) is 0 Å². The Balaban J connectivity index is 2.20. The molecule has 1 atom stereocenters. The standard InChI is InChI=1S/C26H32N2O6/c1-16-14-17(8-10-20(16)33-5)24(29)22-23(19-15-18(32-4)9-11-21(19)34-6)28(26(31)25(22)30)13-7-12-27(2)3/h8-11,14-15,23,29H,7,12-13H2,1-6H3/b24-22+/t23-/m0/s1. The lowest BCUT2D eigenvalue weighted by Crippen LogP contribution is -2.32. The molecule has 1 saturated heterocycles. The Hall–Kier alpha value is -3.52. The smallest absolute Gasteiger partial charge is 0.295 e. The van der Waals surface area contributed by atoms with Gasteiger partial charge in [0, 0.05) is 17.7 Å². The summed E-state index contributed by atoms with van der Waals surface area (Å²) in [6.45, 7) is 2.92. The van der Waals surface area contributed by atoms with Crippen LogP contribution in [-0.4, -0.2) is 75.1 Å². The average molecular weight is 469 g/mol. The zero-order chi connectivity index (χ0) is 25.0. The highest BCUT2D eigenvalue weighted by atomic mass is 16.5. The SMILES string of the molecule is COc1ccc(OC)c([C@H]2/C(=C(\O)c3ccc(OC)c(C)c3)C(=O)C(=O)N2CCCN(C)C)c1. The number of ketones is 1. The van der Waals surface area contributed by atoms with Gasteiger partial charge in [0.2, 0.25) is 0 Å². The van der Waals surface area contributed by atoms with Gasteiger partial charge in [-0.3, -0.25) is 9.59 Å². The molecule has 0 saturated carbocycles. The quantitative estimate of drug-likeness (QED) is 0.343. The average Bonchev–Trinajstić information content (AvgIpc) is 3.07. The monoisotopic (exact) mass is 468 g/mol. The minimum Gasteiger partial charge on any atom is -0.507 e. The van der Waals surface area contributed by atoms with Gasteiger partial charge in [-0.1, -0.05) is 0 Å². The second-order valence-corrected chi connectivity index (χ2v) is 8.44. The summed E-state index contributed by atoms with van der Waals surface area (Å²) in [6.07, 6.45) is 0.657. The summed E-state index contributed by atoms with van der Waals surface area (Å²) in [7, 11) is 8.53. The number of aliphatic hydroxyl groups excluding tert-OH is 1. The molecular weight excluding hydrogens is 436 g/mol. The molecule has 34 heavy (non-hydrogen) atoms. The van der Waals surface area contributed by atoms with E-state index in [0.717, 1.165) is 12.1 Å². The number of carbonyl (C=O) groups is 2. The van der Waals surface area contributed by atoms with Crippen molar-refractivity contribution in [2.75, 3.05) is 48.5 Å². The first kappa shape index (κ1) is 25.1. The Morgan fingerprint density at radius 3 is 2.26 bits per heavy atom. The van der Waals surface area contributed by atoms with E-state index in [9.17, 15) is 14.7 Å². The number of aryl methyl sites for hydroxylation is 1. The number of hydrogen-bond donors (Lipinski definition) is 1. The summed E-state index contributed by atoms with van der Waals surface area (Å²) in [5.74, 6) is 0.0731. The molecular formula is C26H32N2O6. The van der Waals surface area contributed by atoms with Gasteiger partial charge in [0.1, 0.15) is 23.0 Å². The van der Waals surface area contributed by atoms with Crippen molar-refractivity contribution in [2.24, 2.45) is 0 Å². The maximum absolute atomic E-state index is 13.3. The summed E-state index contributed by atoms with van der Waals surface area (Å²) in [4.78, 5) is 29.9. The fourth-order valence-corrected chi connectivity index (χ4v) is 4.23. The number of likely N-dealkylation sites (tertiary alicyclic amines) is 1. The van der Waals surface area contributed by atoms with E-state index in [1.165, 1.54) is 12.0 Å². The molecule has 0 aromatic heterocycles. The number of hydrogen-bond acceptors (Lipinski definition) is 7. The van der Waals surface area contributed by atoms with Crippen molar-refractivity contribution in [3.05, 3.63) is 58.7 Å². The maximum Gasteiger partial charge on any atom is 0.295 e. The van der Waals surface area contributed by atoms with E-state index in [2.05, 4.69) is 0 Å². The van der Waals surface area contributed by atoms with Crippen LogP contribution in [0.5, 0.6) is 17.2 Å². The van der Waals surface area contributed by atoms with E-state index >= 15 is 0 Å². The van der Waals surface area contributed by atoms with Crippen molar-refractivity contribution in [2.45, 2.75) is 19.4 Å². The second-order valence-electron chi connectivity index (χ2n) is 8.44. The summed E-state index contributed by atoms with van der Waals surface area (Å²) in [5.41, 5.74) is 1.81. The molecule has 0 unspecified atom stereocenters. The van der Waals surface area contributed by atoms with Gasteiger partial charge in [-0.25, -0.2) is 0 Å². The van der Waals surface area contributed by atoms with Crippen LogP contribution in [0.25, 0.3) is 5.76 Å². The van der Waals surface area contributed by atoms with E-state index in [-0.39, 0.29) is 11.3 Å². The van der Waals surface area contributed by atoms with Gasteiger partial charge in [0.15, 0.2) is 0 Å². The van der Waals surface area contributed by atoms with Gasteiger partial charge in [-0.05, 0) is 75.9 Å². The molecule has 0 radical (unpaired) electrons. The summed E-state index contributed by atoms with van der Waals surface area (Å²) < 4.78 is 16.3. The number of nitrogens with zero attached hydrogens (tertiary/aromatic N) is 2. The third-order valence-electron chi connectivity index (χ3n) is 5.94. The maximum atomic E-state index is 13.3. The minimum absolute atomic E-state index is 0.0194. The van der Waals surface area contributed by atoms with E-state index in [0.29, 0.717) is 41.3 Å². The number of aliphatic hydroxyl groups is 1. The van der Waals surface area contributed by atoms with E-state index in [1.807, 2.05) is 25.9 Å². The molecule has 0 spiro atoms. The lowest BCUT2D eigenvalue weighted by Gasteiger charge is -2.27. The molecule has 8 heteroatoms. The molecule has 3 rings (SSSR count). The number of methoxy groups -OCH3 is 3. The second kappa shape index (κ2) is 10.6. The summed E-state index contributed by atoms with van der Waals surface area (Å²) >= 11 is 0. The first-order chi connectivity index (χ1) is 16.2. The molecule has 1 fully saturated rings. The van der Waals surface area contributed by atoms with E-state index in [4.69, 9.17) is 14.2 Å². The van der Waals surface area contributed by atoms with Crippen LogP contribution >= 0.6 is 0 Å². The van der Waals surface area contributed by atoms with Crippen molar-refractivity contribution in [3.63, 3.8) is 0 Å².